The van der Waals surface area contributed by atoms with Crippen molar-refractivity contribution in [1.29, 1.82) is 0 Å². The van der Waals surface area contributed by atoms with Gasteiger partial charge in [-0.05, 0) is 48.2 Å². The van der Waals surface area contributed by atoms with E-state index in [1.165, 1.54) is 4.31 Å². The minimum absolute atomic E-state index is 0.00723. The van der Waals surface area contributed by atoms with E-state index in [9.17, 15) is 13.2 Å². The Morgan fingerprint density at radius 3 is 2.30 bits per heavy atom. The lowest BCUT2D eigenvalue weighted by molar-refractivity contribution is -0.126. The highest BCUT2D eigenvalue weighted by Crippen LogP contribution is 2.27. The molecule has 0 aliphatic carbocycles. The third-order valence-corrected chi connectivity index (χ3v) is 7.77. The van der Waals surface area contributed by atoms with Crippen molar-refractivity contribution < 1.29 is 13.2 Å². The van der Waals surface area contributed by atoms with E-state index in [0.717, 1.165) is 16.3 Å². The van der Waals surface area contributed by atoms with Gasteiger partial charge in [-0.15, -0.1) is 0 Å². The van der Waals surface area contributed by atoms with E-state index in [1.54, 1.807) is 30.3 Å². The Morgan fingerprint density at radius 1 is 0.933 bits per heavy atom. The smallest absolute Gasteiger partial charge is 0.243 e. The number of nitrogens with zero attached hydrogens (tertiary/aromatic N) is 1. The Balaban J connectivity index is 1.40. The monoisotopic (exact) mass is 422 g/mol. The first-order valence-corrected chi connectivity index (χ1v) is 11.7. The van der Waals surface area contributed by atoms with E-state index in [0.29, 0.717) is 30.8 Å². The van der Waals surface area contributed by atoms with Crippen LogP contribution in [0.2, 0.25) is 0 Å². The van der Waals surface area contributed by atoms with Crippen LogP contribution < -0.4 is 5.32 Å². The number of carbonyl (C=O) groups is 1. The first kappa shape index (κ1) is 20.6. The average molecular weight is 423 g/mol. The van der Waals surface area contributed by atoms with Crippen LogP contribution in [0.1, 0.15) is 31.4 Å². The molecule has 1 saturated heterocycles. The molecule has 1 atom stereocenters. The predicted octanol–water partition coefficient (Wildman–Crippen LogP) is 4.12. The summed E-state index contributed by atoms with van der Waals surface area (Å²) < 4.78 is 27.0. The fourth-order valence-electron chi connectivity index (χ4n) is 4.14. The number of carbonyl (C=O) groups excluding carboxylic acids is 1. The van der Waals surface area contributed by atoms with Crippen LogP contribution >= 0.6 is 0 Å². The number of hydrogen-bond donors (Lipinski definition) is 1. The number of sulfonamides is 1. The van der Waals surface area contributed by atoms with Gasteiger partial charge in [0.1, 0.15) is 0 Å². The number of piperidine rings is 1. The van der Waals surface area contributed by atoms with Crippen LogP contribution in [-0.4, -0.2) is 31.7 Å². The predicted molar refractivity (Wildman–Crippen MR) is 118 cm³/mol. The average Bonchev–Trinajstić information content (AvgIpc) is 2.79. The Hall–Kier alpha value is -2.70. The Morgan fingerprint density at radius 2 is 1.57 bits per heavy atom. The van der Waals surface area contributed by atoms with Gasteiger partial charge in [-0.2, -0.15) is 4.31 Å². The molecule has 3 aromatic rings. The fraction of sp³-hybridized carbons (Fsp3) is 0.292. The lowest BCUT2D eigenvalue weighted by Crippen LogP contribution is -2.43. The number of amides is 1. The lowest BCUT2D eigenvalue weighted by Gasteiger charge is -2.31. The van der Waals surface area contributed by atoms with E-state index in [2.05, 4.69) is 23.5 Å². The van der Waals surface area contributed by atoms with Gasteiger partial charge < -0.3 is 5.32 Å². The summed E-state index contributed by atoms with van der Waals surface area (Å²) in [5.74, 6) is -0.183. The second-order valence-corrected chi connectivity index (χ2v) is 9.73. The number of fused-ring (bicyclic) bond motifs is 1. The van der Waals surface area contributed by atoms with Gasteiger partial charge in [0.2, 0.25) is 15.9 Å². The molecule has 1 N–H and O–H groups in total. The molecule has 0 aromatic heterocycles. The molecule has 1 amide bonds. The topological polar surface area (TPSA) is 66.5 Å². The third-order valence-electron chi connectivity index (χ3n) is 5.85. The van der Waals surface area contributed by atoms with Crippen molar-refractivity contribution in [3.8, 4) is 0 Å². The lowest BCUT2D eigenvalue weighted by atomic mass is 9.95. The molecule has 5 nitrogen and oxygen atoms in total. The van der Waals surface area contributed by atoms with Crippen molar-refractivity contribution in [1.82, 2.24) is 9.62 Å². The largest absolute Gasteiger partial charge is 0.349 e. The molecule has 0 bridgehead atoms. The molecule has 1 aliphatic heterocycles. The van der Waals surface area contributed by atoms with Crippen molar-refractivity contribution in [2.75, 3.05) is 13.1 Å². The first-order chi connectivity index (χ1) is 14.5. The summed E-state index contributed by atoms with van der Waals surface area (Å²) in [6, 6.07) is 22.6. The molecular weight excluding hydrogens is 396 g/mol. The van der Waals surface area contributed by atoms with E-state index >= 15 is 0 Å². The van der Waals surface area contributed by atoms with Crippen LogP contribution in [0, 0.1) is 5.92 Å². The molecule has 6 heteroatoms. The summed E-state index contributed by atoms with van der Waals surface area (Å²) in [4.78, 5) is 13.2. The SMILES string of the molecule is CC(NC(=O)C1CCN(S(=O)(=O)c2ccccc2)CC1)c1cccc2ccccc12. The molecule has 1 unspecified atom stereocenters. The highest BCUT2D eigenvalue weighted by atomic mass is 32.2. The zero-order valence-corrected chi connectivity index (χ0v) is 17.8. The Kier molecular flexibility index (Phi) is 5.88. The van der Waals surface area contributed by atoms with Gasteiger partial charge in [0.25, 0.3) is 0 Å². The summed E-state index contributed by atoms with van der Waals surface area (Å²) in [5, 5.41) is 5.42. The summed E-state index contributed by atoms with van der Waals surface area (Å²) >= 11 is 0. The molecule has 156 valence electrons. The van der Waals surface area contributed by atoms with E-state index in [4.69, 9.17) is 0 Å². The molecule has 0 saturated carbocycles. The van der Waals surface area contributed by atoms with Crippen LogP contribution in [-0.2, 0) is 14.8 Å². The summed E-state index contributed by atoms with van der Waals surface area (Å²) in [6.07, 6.45) is 1.06. The van der Waals surface area contributed by atoms with Crippen LogP contribution in [0.25, 0.3) is 10.8 Å². The summed E-state index contributed by atoms with van der Waals surface area (Å²) in [5.41, 5.74) is 1.09. The van der Waals surface area contributed by atoms with Gasteiger partial charge in [-0.25, -0.2) is 8.42 Å². The van der Waals surface area contributed by atoms with Crippen molar-refractivity contribution >= 4 is 26.7 Å². The second-order valence-electron chi connectivity index (χ2n) is 7.79. The second kappa shape index (κ2) is 8.58. The maximum atomic E-state index is 12.9. The minimum Gasteiger partial charge on any atom is -0.349 e. The molecule has 0 spiro atoms. The highest BCUT2D eigenvalue weighted by Gasteiger charge is 2.32. The molecule has 30 heavy (non-hydrogen) atoms. The summed E-state index contributed by atoms with van der Waals surface area (Å²) in [6.45, 7) is 2.71. The van der Waals surface area contributed by atoms with Gasteiger partial charge in [0, 0.05) is 19.0 Å². The maximum Gasteiger partial charge on any atom is 0.243 e. The third kappa shape index (κ3) is 4.11. The molecule has 1 fully saturated rings. The quantitative estimate of drug-likeness (QED) is 0.673. The van der Waals surface area contributed by atoms with Crippen molar-refractivity contribution in [3.05, 3.63) is 78.4 Å². The van der Waals surface area contributed by atoms with Gasteiger partial charge in [0.15, 0.2) is 0 Å². The molecule has 1 aliphatic rings. The van der Waals surface area contributed by atoms with Crippen LogP contribution in [0.15, 0.2) is 77.7 Å². The van der Waals surface area contributed by atoms with Crippen molar-refractivity contribution in [3.63, 3.8) is 0 Å². The zero-order chi connectivity index (χ0) is 21.1. The number of benzene rings is 3. The normalized spacial score (nSPS) is 17.0. The van der Waals surface area contributed by atoms with Crippen LogP contribution in [0.4, 0.5) is 0 Å². The highest BCUT2D eigenvalue weighted by molar-refractivity contribution is 7.89. The van der Waals surface area contributed by atoms with Gasteiger partial charge in [0.05, 0.1) is 10.9 Å². The zero-order valence-electron chi connectivity index (χ0n) is 17.0. The van der Waals surface area contributed by atoms with Crippen LogP contribution in [0.5, 0.6) is 0 Å². The molecule has 0 radical (unpaired) electrons. The molecule has 1 heterocycles. The minimum atomic E-state index is -3.50. The van der Waals surface area contributed by atoms with Crippen molar-refractivity contribution in [2.45, 2.75) is 30.7 Å². The number of hydrogen-bond acceptors (Lipinski definition) is 3. The van der Waals surface area contributed by atoms with Gasteiger partial charge in [-0.3, -0.25) is 4.79 Å². The van der Waals surface area contributed by atoms with E-state index in [-0.39, 0.29) is 17.9 Å². The van der Waals surface area contributed by atoms with Gasteiger partial charge in [-0.1, -0.05) is 60.7 Å². The maximum absolute atomic E-state index is 12.9. The van der Waals surface area contributed by atoms with E-state index < -0.39 is 10.0 Å². The van der Waals surface area contributed by atoms with Crippen molar-refractivity contribution in [2.24, 2.45) is 5.92 Å². The number of rotatable bonds is 5. The van der Waals surface area contributed by atoms with Gasteiger partial charge >= 0.3 is 0 Å². The Labute approximate surface area is 177 Å². The fourth-order valence-corrected chi connectivity index (χ4v) is 5.63. The number of nitrogens with one attached hydrogen (secondary N) is 1. The molecular formula is C24H26N2O3S. The standard InChI is InChI=1S/C24H26N2O3S/c1-18(22-13-7-9-19-8-5-6-12-23(19)22)25-24(27)20-14-16-26(17-15-20)30(28,29)21-10-3-2-4-11-21/h2-13,18,20H,14-17H2,1H3,(H,25,27). The first-order valence-electron chi connectivity index (χ1n) is 10.3. The van der Waals surface area contributed by atoms with E-state index in [1.807, 2.05) is 31.2 Å². The van der Waals surface area contributed by atoms with Crippen LogP contribution in [0.3, 0.4) is 0 Å². The summed E-state index contributed by atoms with van der Waals surface area (Å²) in [7, 11) is -3.50. The molecule has 3 aromatic carbocycles. The Bertz CT molecular complexity index is 1130. The molecule has 4 rings (SSSR count).